The van der Waals surface area contributed by atoms with Crippen LogP contribution in [-0.4, -0.2) is 28.1 Å². The third-order valence-electron chi connectivity index (χ3n) is 5.66. The SMILES string of the molecule is C[C@@H]1NC(C)(C)CC(=O)C(C2(O)CCCCC2)C1(C)C. The lowest BCUT2D eigenvalue weighted by Crippen LogP contribution is -2.55. The third kappa shape index (κ3) is 2.80. The molecule has 116 valence electrons. The molecule has 1 saturated heterocycles. The van der Waals surface area contributed by atoms with Crippen LogP contribution in [0.5, 0.6) is 0 Å². The van der Waals surface area contributed by atoms with Crippen LogP contribution in [0.25, 0.3) is 0 Å². The van der Waals surface area contributed by atoms with Crippen molar-refractivity contribution in [1.29, 1.82) is 0 Å². The van der Waals surface area contributed by atoms with Crippen LogP contribution in [0, 0.1) is 11.3 Å². The van der Waals surface area contributed by atoms with E-state index in [0.29, 0.717) is 6.42 Å². The maximum absolute atomic E-state index is 12.9. The molecule has 0 aromatic heterocycles. The first-order chi connectivity index (χ1) is 9.08. The van der Waals surface area contributed by atoms with Gasteiger partial charge >= 0.3 is 0 Å². The number of Topliss-reactive ketones (excluding diaryl/α,β-unsaturated/α-hetero) is 1. The Hall–Kier alpha value is -0.410. The van der Waals surface area contributed by atoms with Gasteiger partial charge in [0.15, 0.2) is 0 Å². The summed E-state index contributed by atoms with van der Waals surface area (Å²) in [6.45, 7) is 10.6. The van der Waals surface area contributed by atoms with Crippen LogP contribution in [0.3, 0.4) is 0 Å². The molecule has 0 bridgehead atoms. The molecule has 2 fully saturated rings. The number of hydrogen-bond donors (Lipinski definition) is 2. The molecule has 20 heavy (non-hydrogen) atoms. The summed E-state index contributed by atoms with van der Waals surface area (Å²) in [6, 6.07) is 0.208. The molecule has 1 saturated carbocycles. The van der Waals surface area contributed by atoms with E-state index < -0.39 is 5.60 Å². The molecule has 2 N–H and O–H groups in total. The highest BCUT2D eigenvalue weighted by atomic mass is 16.3. The van der Waals surface area contributed by atoms with E-state index in [-0.39, 0.29) is 28.7 Å². The monoisotopic (exact) mass is 281 g/mol. The maximum Gasteiger partial charge on any atom is 0.141 e. The fourth-order valence-electron chi connectivity index (χ4n) is 4.47. The molecule has 1 heterocycles. The summed E-state index contributed by atoms with van der Waals surface area (Å²) in [5, 5.41) is 14.8. The van der Waals surface area contributed by atoms with Gasteiger partial charge in [-0.15, -0.1) is 0 Å². The average molecular weight is 281 g/mol. The number of ketones is 1. The first kappa shape index (κ1) is 16.0. The lowest BCUT2D eigenvalue weighted by Gasteiger charge is -2.47. The van der Waals surface area contributed by atoms with E-state index >= 15 is 0 Å². The van der Waals surface area contributed by atoms with Gasteiger partial charge in [-0.2, -0.15) is 0 Å². The summed E-state index contributed by atoms with van der Waals surface area (Å²) >= 11 is 0. The van der Waals surface area contributed by atoms with Crippen molar-refractivity contribution in [3.63, 3.8) is 0 Å². The zero-order valence-corrected chi connectivity index (χ0v) is 13.8. The molecule has 0 aromatic carbocycles. The predicted molar refractivity (Wildman–Crippen MR) is 81.6 cm³/mol. The van der Waals surface area contributed by atoms with Gasteiger partial charge in [-0.3, -0.25) is 4.79 Å². The number of nitrogens with one attached hydrogen (secondary N) is 1. The summed E-state index contributed by atoms with van der Waals surface area (Å²) in [6.07, 6.45) is 5.33. The molecular formula is C17H31NO2. The second-order valence-electron chi connectivity index (χ2n) is 8.31. The van der Waals surface area contributed by atoms with Crippen molar-refractivity contribution in [2.75, 3.05) is 0 Å². The lowest BCUT2D eigenvalue weighted by atomic mass is 9.60. The van der Waals surface area contributed by atoms with E-state index in [2.05, 4.69) is 39.9 Å². The molecule has 2 aliphatic rings. The van der Waals surface area contributed by atoms with Gasteiger partial charge in [0.1, 0.15) is 5.78 Å². The Morgan fingerprint density at radius 1 is 1.10 bits per heavy atom. The summed E-state index contributed by atoms with van der Waals surface area (Å²) < 4.78 is 0. The third-order valence-corrected chi connectivity index (χ3v) is 5.66. The smallest absolute Gasteiger partial charge is 0.141 e. The second kappa shape index (κ2) is 5.10. The van der Waals surface area contributed by atoms with Gasteiger partial charge in [0.25, 0.3) is 0 Å². The van der Waals surface area contributed by atoms with Crippen LogP contribution in [0.2, 0.25) is 0 Å². The first-order valence-electron chi connectivity index (χ1n) is 8.11. The Morgan fingerprint density at radius 2 is 1.65 bits per heavy atom. The molecule has 0 aromatic rings. The van der Waals surface area contributed by atoms with Gasteiger partial charge in [-0.05, 0) is 39.0 Å². The summed E-state index contributed by atoms with van der Waals surface area (Å²) in [5.74, 6) is -0.0131. The van der Waals surface area contributed by atoms with Gasteiger partial charge in [0.2, 0.25) is 0 Å². The van der Waals surface area contributed by atoms with Crippen LogP contribution in [0.4, 0.5) is 0 Å². The molecule has 3 nitrogen and oxygen atoms in total. The lowest BCUT2D eigenvalue weighted by molar-refractivity contribution is -0.146. The van der Waals surface area contributed by atoms with Gasteiger partial charge in [-0.25, -0.2) is 0 Å². The van der Waals surface area contributed by atoms with Gasteiger partial charge in [-0.1, -0.05) is 33.1 Å². The van der Waals surface area contributed by atoms with Crippen molar-refractivity contribution in [2.45, 2.75) is 90.3 Å². The molecule has 2 rings (SSSR count). The van der Waals surface area contributed by atoms with E-state index in [1.54, 1.807) is 0 Å². The highest BCUT2D eigenvalue weighted by Crippen LogP contribution is 2.48. The molecule has 0 radical (unpaired) electrons. The van der Waals surface area contributed by atoms with Crippen LogP contribution >= 0.6 is 0 Å². The molecule has 3 heteroatoms. The fraction of sp³-hybridized carbons (Fsp3) is 0.941. The Morgan fingerprint density at radius 3 is 2.20 bits per heavy atom. The Labute approximate surface area is 123 Å². The summed E-state index contributed by atoms with van der Waals surface area (Å²) in [7, 11) is 0. The van der Waals surface area contributed by atoms with Crippen molar-refractivity contribution in [3.8, 4) is 0 Å². The van der Waals surface area contributed by atoms with E-state index in [4.69, 9.17) is 0 Å². The van der Waals surface area contributed by atoms with Gasteiger partial charge in [0, 0.05) is 18.0 Å². The number of carbonyl (C=O) groups excluding carboxylic acids is 1. The van der Waals surface area contributed by atoms with Crippen molar-refractivity contribution in [3.05, 3.63) is 0 Å². The van der Waals surface area contributed by atoms with Crippen LogP contribution in [0.1, 0.15) is 73.1 Å². The molecule has 0 amide bonds. The largest absolute Gasteiger partial charge is 0.389 e. The molecule has 1 unspecified atom stereocenters. The van der Waals surface area contributed by atoms with Crippen molar-refractivity contribution in [2.24, 2.45) is 11.3 Å². The number of aliphatic hydroxyl groups is 1. The molecule has 2 atom stereocenters. The van der Waals surface area contributed by atoms with Crippen molar-refractivity contribution < 1.29 is 9.90 Å². The van der Waals surface area contributed by atoms with Crippen LogP contribution in [0.15, 0.2) is 0 Å². The maximum atomic E-state index is 12.9. The minimum Gasteiger partial charge on any atom is -0.389 e. The topological polar surface area (TPSA) is 49.3 Å². The number of hydrogen-bond acceptors (Lipinski definition) is 3. The van der Waals surface area contributed by atoms with Crippen LogP contribution < -0.4 is 5.32 Å². The van der Waals surface area contributed by atoms with E-state index in [1.165, 1.54) is 6.42 Å². The Kier molecular flexibility index (Phi) is 4.07. The number of rotatable bonds is 1. The quantitative estimate of drug-likeness (QED) is 0.776. The minimum absolute atomic E-state index is 0.187. The minimum atomic E-state index is -0.796. The van der Waals surface area contributed by atoms with E-state index in [0.717, 1.165) is 25.7 Å². The highest BCUT2D eigenvalue weighted by Gasteiger charge is 2.54. The summed E-state index contributed by atoms with van der Waals surface area (Å²) in [4.78, 5) is 12.9. The Bertz CT molecular complexity index is 380. The van der Waals surface area contributed by atoms with E-state index in [1.807, 2.05) is 0 Å². The highest BCUT2D eigenvalue weighted by molar-refractivity contribution is 5.84. The van der Waals surface area contributed by atoms with Gasteiger partial charge in [0.05, 0.1) is 11.5 Å². The van der Waals surface area contributed by atoms with E-state index in [9.17, 15) is 9.90 Å². The second-order valence-corrected chi connectivity index (χ2v) is 8.31. The number of carbonyl (C=O) groups is 1. The normalized spacial score (nSPS) is 36.4. The van der Waals surface area contributed by atoms with Crippen molar-refractivity contribution in [1.82, 2.24) is 5.32 Å². The molecule has 1 aliphatic heterocycles. The van der Waals surface area contributed by atoms with Crippen LogP contribution in [-0.2, 0) is 4.79 Å². The average Bonchev–Trinajstić information content (AvgIpc) is 2.32. The zero-order chi connectivity index (χ0) is 15.2. The first-order valence-corrected chi connectivity index (χ1v) is 8.11. The van der Waals surface area contributed by atoms with Crippen molar-refractivity contribution >= 4 is 5.78 Å². The zero-order valence-electron chi connectivity index (χ0n) is 13.8. The predicted octanol–water partition coefficient (Wildman–Crippen LogP) is 3.05. The molecule has 0 spiro atoms. The molecule has 1 aliphatic carbocycles. The summed E-state index contributed by atoms with van der Waals surface area (Å²) in [5.41, 5.74) is -1.21. The van der Waals surface area contributed by atoms with Gasteiger partial charge < -0.3 is 10.4 Å². The standard InChI is InChI=1S/C17H31NO2/c1-12-16(4,5)14(13(19)11-15(2,3)18-12)17(20)9-7-6-8-10-17/h12,14,18,20H,6-11H2,1-5H3/t12-,14?/m0/s1. The fourth-order valence-corrected chi connectivity index (χ4v) is 4.47. The Balaban J connectivity index is 2.39. The molecular weight excluding hydrogens is 250 g/mol.